The standard InChI is InChI=1S/C20H27N5O4S2/c1-4-9-25-18(22-23-20(25)30-15(3)19(26)21-5-2)16-7-6-8-17(14-16)31(27,28)24-10-12-29-13-11-24/h4,6-8,14-15H,1,5,9-13H2,2-3H3,(H,21,26). The predicted octanol–water partition coefficient (Wildman–Crippen LogP) is 1.77. The summed E-state index contributed by atoms with van der Waals surface area (Å²) in [5, 5.41) is 11.5. The van der Waals surface area contributed by atoms with Gasteiger partial charge in [0.15, 0.2) is 11.0 Å². The van der Waals surface area contributed by atoms with Crippen molar-refractivity contribution in [2.45, 2.75) is 35.7 Å². The highest BCUT2D eigenvalue weighted by atomic mass is 32.2. The Morgan fingerprint density at radius 3 is 2.77 bits per heavy atom. The van der Waals surface area contributed by atoms with Gasteiger partial charge in [-0.2, -0.15) is 4.31 Å². The monoisotopic (exact) mass is 465 g/mol. The molecule has 1 unspecified atom stereocenters. The van der Waals surface area contributed by atoms with E-state index in [0.717, 1.165) is 0 Å². The molecule has 0 spiro atoms. The number of nitrogens with one attached hydrogen (secondary N) is 1. The fourth-order valence-electron chi connectivity index (χ4n) is 3.14. The molecule has 0 radical (unpaired) electrons. The maximum atomic E-state index is 13.0. The summed E-state index contributed by atoms with van der Waals surface area (Å²) >= 11 is 1.30. The van der Waals surface area contributed by atoms with Gasteiger partial charge in [0.05, 0.1) is 23.4 Å². The molecule has 31 heavy (non-hydrogen) atoms. The molecule has 168 valence electrons. The number of rotatable bonds is 9. The van der Waals surface area contributed by atoms with Gasteiger partial charge in [0.25, 0.3) is 0 Å². The molecule has 2 heterocycles. The number of amides is 1. The SMILES string of the molecule is C=CCn1c(SC(C)C(=O)NCC)nnc1-c1cccc(S(=O)(=O)N2CCOCC2)c1. The molecule has 3 rings (SSSR count). The first-order valence-corrected chi connectivity index (χ1v) is 12.4. The second-order valence-electron chi connectivity index (χ2n) is 6.90. The van der Waals surface area contributed by atoms with Gasteiger partial charge < -0.3 is 10.1 Å². The highest BCUT2D eigenvalue weighted by Gasteiger charge is 2.27. The van der Waals surface area contributed by atoms with Gasteiger partial charge in [-0.05, 0) is 26.0 Å². The number of nitrogens with zero attached hydrogens (tertiary/aromatic N) is 4. The maximum Gasteiger partial charge on any atom is 0.243 e. The normalized spacial score (nSPS) is 16.1. The van der Waals surface area contributed by atoms with Gasteiger partial charge in [0.1, 0.15) is 0 Å². The average molecular weight is 466 g/mol. The lowest BCUT2D eigenvalue weighted by molar-refractivity contribution is -0.120. The largest absolute Gasteiger partial charge is 0.379 e. The zero-order chi connectivity index (χ0) is 22.4. The second-order valence-corrected chi connectivity index (χ2v) is 10.2. The number of carbonyl (C=O) groups is 1. The molecular formula is C20H27N5O4S2. The average Bonchev–Trinajstić information content (AvgIpc) is 3.17. The molecule has 9 nitrogen and oxygen atoms in total. The van der Waals surface area contributed by atoms with Crippen molar-refractivity contribution in [2.24, 2.45) is 0 Å². The van der Waals surface area contributed by atoms with Crippen LogP contribution < -0.4 is 5.32 Å². The fraction of sp³-hybridized carbons (Fsp3) is 0.450. The molecule has 1 amide bonds. The van der Waals surface area contributed by atoms with Crippen molar-refractivity contribution in [1.29, 1.82) is 0 Å². The van der Waals surface area contributed by atoms with Crippen LogP contribution in [0.5, 0.6) is 0 Å². The minimum absolute atomic E-state index is 0.0826. The summed E-state index contributed by atoms with van der Waals surface area (Å²) in [6.07, 6.45) is 1.71. The third-order valence-electron chi connectivity index (χ3n) is 4.73. The van der Waals surface area contributed by atoms with E-state index in [0.29, 0.717) is 55.9 Å². The number of morpholine rings is 1. The lowest BCUT2D eigenvalue weighted by Gasteiger charge is -2.26. The molecule has 1 saturated heterocycles. The van der Waals surface area contributed by atoms with E-state index in [4.69, 9.17) is 4.74 Å². The summed E-state index contributed by atoms with van der Waals surface area (Å²) in [6.45, 7) is 9.88. The van der Waals surface area contributed by atoms with Crippen LogP contribution in [0.2, 0.25) is 0 Å². The van der Waals surface area contributed by atoms with E-state index in [1.165, 1.54) is 16.1 Å². The number of aromatic nitrogens is 3. The Bertz CT molecular complexity index is 1030. The maximum absolute atomic E-state index is 13.0. The quantitative estimate of drug-likeness (QED) is 0.444. The Labute approximate surface area is 186 Å². The summed E-state index contributed by atoms with van der Waals surface area (Å²) in [4.78, 5) is 12.3. The first-order chi connectivity index (χ1) is 14.9. The number of benzene rings is 1. The van der Waals surface area contributed by atoms with Crippen LogP contribution in [0.25, 0.3) is 11.4 Å². The first-order valence-electron chi connectivity index (χ1n) is 10.0. The van der Waals surface area contributed by atoms with E-state index >= 15 is 0 Å². The Morgan fingerprint density at radius 1 is 1.35 bits per heavy atom. The third-order valence-corrected chi connectivity index (χ3v) is 7.71. The number of hydrogen-bond acceptors (Lipinski definition) is 7. The van der Waals surface area contributed by atoms with Crippen LogP contribution in [0.15, 0.2) is 47.0 Å². The molecule has 1 aromatic heterocycles. The van der Waals surface area contributed by atoms with E-state index in [2.05, 4.69) is 22.1 Å². The van der Waals surface area contributed by atoms with Crippen LogP contribution in [0, 0.1) is 0 Å². The smallest absolute Gasteiger partial charge is 0.243 e. The summed E-state index contributed by atoms with van der Waals surface area (Å²) in [5.41, 5.74) is 0.626. The van der Waals surface area contributed by atoms with Gasteiger partial charge >= 0.3 is 0 Å². The van der Waals surface area contributed by atoms with Gasteiger partial charge in [0.2, 0.25) is 15.9 Å². The van der Waals surface area contributed by atoms with Gasteiger partial charge in [-0.3, -0.25) is 9.36 Å². The van der Waals surface area contributed by atoms with Crippen molar-refractivity contribution in [3.05, 3.63) is 36.9 Å². The number of hydrogen-bond donors (Lipinski definition) is 1. The van der Waals surface area contributed by atoms with Gasteiger partial charge in [-0.15, -0.1) is 16.8 Å². The number of ether oxygens (including phenoxy) is 1. The molecule has 1 aromatic carbocycles. The lowest BCUT2D eigenvalue weighted by Crippen LogP contribution is -2.40. The molecule has 0 saturated carbocycles. The molecule has 1 fully saturated rings. The lowest BCUT2D eigenvalue weighted by atomic mass is 10.2. The number of thioether (sulfide) groups is 1. The Kier molecular flexibility index (Phi) is 7.87. The molecule has 2 aromatic rings. The molecule has 11 heteroatoms. The molecule has 1 aliphatic rings. The van der Waals surface area contributed by atoms with Gasteiger partial charge in [-0.25, -0.2) is 8.42 Å². The molecular weight excluding hydrogens is 438 g/mol. The van der Waals surface area contributed by atoms with Crippen molar-refractivity contribution >= 4 is 27.7 Å². The van der Waals surface area contributed by atoms with E-state index in [1.54, 1.807) is 37.3 Å². The molecule has 1 atom stereocenters. The zero-order valence-electron chi connectivity index (χ0n) is 17.7. The summed E-state index contributed by atoms with van der Waals surface area (Å²) in [7, 11) is -3.63. The Balaban J connectivity index is 1.92. The van der Waals surface area contributed by atoms with E-state index in [1.807, 2.05) is 11.5 Å². The second kappa shape index (κ2) is 10.4. The van der Waals surface area contributed by atoms with Crippen molar-refractivity contribution < 1.29 is 17.9 Å². The Hall–Kier alpha value is -2.21. The van der Waals surface area contributed by atoms with Crippen molar-refractivity contribution in [2.75, 3.05) is 32.8 Å². The van der Waals surface area contributed by atoms with Gasteiger partial charge in [-0.1, -0.05) is 30.0 Å². The van der Waals surface area contributed by atoms with Crippen LogP contribution in [-0.2, 0) is 26.1 Å². The fourth-order valence-corrected chi connectivity index (χ4v) is 5.48. The van der Waals surface area contributed by atoms with Crippen molar-refractivity contribution in [3.8, 4) is 11.4 Å². The van der Waals surface area contributed by atoms with E-state index in [-0.39, 0.29) is 16.1 Å². The van der Waals surface area contributed by atoms with Crippen molar-refractivity contribution in [3.63, 3.8) is 0 Å². The number of sulfonamides is 1. The predicted molar refractivity (Wildman–Crippen MR) is 119 cm³/mol. The highest BCUT2D eigenvalue weighted by Crippen LogP contribution is 2.29. The number of allylic oxidation sites excluding steroid dienone is 1. The number of carbonyl (C=O) groups excluding carboxylic acids is 1. The van der Waals surface area contributed by atoms with E-state index in [9.17, 15) is 13.2 Å². The zero-order valence-corrected chi connectivity index (χ0v) is 19.3. The summed E-state index contributed by atoms with van der Waals surface area (Å²) in [6, 6.07) is 6.68. The van der Waals surface area contributed by atoms with E-state index < -0.39 is 10.0 Å². The highest BCUT2D eigenvalue weighted by molar-refractivity contribution is 8.00. The first kappa shape index (κ1) is 23.5. The summed E-state index contributed by atoms with van der Waals surface area (Å²) in [5.74, 6) is 0.435. The molecule has 1 aliphatic heterocycles. The molecule has 1 N–H and O–H groups in total. The van der Waals surface area contributed by atoms with Crippen LogP contribution >= 0.6 is 11.8 Å². The van der Waals surface area contributed by atoms with Crippen LogP contribution in [0.1, 0.15) is 13.8 Å². The molecule has 0 aliphatic carbocycles. The van der Waals surface area contributed by atoms with Gasteiger partial charge in [0, 0.05) is 31.7 Å². The topological polar surface area (TPSA) is 106 Å². The minimum atomic E-state index is -3.63. The van der Waals surface area contributed by atoms with Crippen LogP contribution in [0.3, 0.4) is 0 Å². The molecule has 0 bridgehead atoms. The van der Waals surface area contributed by atoms with Crippen molar-refractivity contribution in [1.82, 2.24) is 24.4 Å². The van der Waals surface area contributed by atoms with Crippen LogP contribution in [-0.4, -0.2) is 71.5 Å². The van der Waals surface area contributed by atoms with Crippen LogP contribution in [0.4, 0.5) is 0 Å². The third kappa shape index (κ3) is 5.35. The Morgan fingerprint density at radius 2 is 2.10 bits per heavy atom. The summed E-state index contributed by atoms with van der Waals surface area (Å²) < 4.78 is 34.6. The minimum Gasteiger partial charge on any atom is -0.379 e.